The topological polar surface area (TPSA) is 85.9 Å². The molecule has 4 aromatic rings. The van der Waals surface area contributed by atoms with E-state index >= 15 is 0 Å². The largest absolute Gasteiger partial charge is 0.291 e. The summed E-state index contributed by atoms with van der Waals surface area (Å²) in [5, 5.41) is 9.09. The van der Waals surface area contributed by atoms with E-state index in [2.05, 4.69) is 15.2 Å². The molecule has 1 saturated carbocycles. The molecule has 3 heterocycles. The Balaban J connectivity index is 0.00000180. The second-order valence-electron chi connectivity index (χ2n) is 10.4. The molecule has 1 fully saturated rings. The van der Waals surface area contributed by atoms with Crippen LogP contribution in [0.2, 0.25) is 0 Å². The lowest BCUT2D eigenvalue weighted by molar-refractivity contribution is 0.0737. The fourth-order valence-corrected chi connectivity index (χ4v) is 7.28. The van der Waals surface area contributed by atoms with Crippen LogP contribution in [0, 0.1) is 17.0 Å². The van der Waals surface area contributed by atoms with Crippen LogP contribution in [0.1, 0.15) is 54.9 Å². The van der Waals surface area contributed by atoms with Gasteiger partial charge in [0.05, 0.1) is 23.0 Å². The van der Waals surface area contributed by atoms with E-state index in [1.807, 2.05) is 19.9 Å². The van der Waals surface area contributed by atoms with Crippen LogP contribution in [-0.2, 0) is 24.5 Å². The number of Topliss-reactive ketones (excluding diaryl/α,β-unsaturated/α-hetero) is 1. The molecule has 0 bridgehead atoms. The van der Waals surface area contributed by atoms with Gasteiger partial charge in [0.15, 0.2) is 10.8 Å². The molecular formula is C31H33F3N6O2S. The van der Waals surface area contributed by atoms with Crippen molar-refractivity contribution < 1.29 is 22.2 Å². The van der Waals surface area contributed by atoms with E-state index in [4.69, 9.17) is 0 Å². The minimum atomic E-state index is -1.75. The van der Waals surface area contributed by atoms with E-state index in [0.29, 0.717) is 23.6 Å². The first-order chi connectivity index (χ1) is 20.8. The second-order valence-corrected chi connectivity index (χ2v) is 11.7. The number of pyridine rings is 1. The van der Waals surface area contributed by atoms with Gasteiger partial charge in [0, 0.05) is 38.1 Å². The maximum atomic E-state index is 14.3. The molecule has 8 nitrogen and oxygen atoms in total. The fraction of sp³-hybridized carbons (Fsp3) is 0.355. The molecule has 6 rings (SSSR count). The summed E-state index contributed by atoms with van der Waals surface area (Å²) in [6.45, 7) is 3.18. The number of rotatable bonds is 8. The summed E-state index contributed by atoms with van der Waals surface area (Å²) in [5.41, 5.74) is 1.92. The lowest BCUT2D eigenvalue weighted by Gasteiger charge is -2.46. The third kappa shape index (κ3) is 5.85. The Morgan fingerprint density at radius 3 is 2.58 bits per heavy atom. The summed E-state index contributed by atoms with van der Waals surface area (Å²) < 4.78 is 60.0. The number of halogens is 3. The Kier molecular flexibility index (Phi) is 9.07. The number of aromatic nitrogens is 5. The lowest BCUT2D eigenvalue weighted by Crippen LogP contribution is -2.50. The summed E-state index contributed by atoms with van der Waals surface area (Å²) in [4.78, 5) is 18.5. The fourth-order valence-electron chi connectivity index (χ4n) is 5.98. The van der Waals surface area contributed by atoms with E-state index in [-0.39, 0.29) is 36.7 Å². The van der Waals surface area contributed by atoms with Crippen LogP contribution in [0.15, 0.2) is 71.7 Å². The van der Waals surface area contributed by atoms with Gasteiger partial charge in [0.25, 0.3) is 0 Å². The van der Waals surface area contributed by atoms with E-state index < -0.39 is 34.9 Å². The van der Waals surface area contributed by atoms with E-state index in [0.717, 1.165) is 22.9 Å². The molecule has 0 N–H and O–H groups in total. The van der Waals surface area contributed by atoms with Crippen LogP contribution in [0.3, 0.4) is 0 Å². The lowest BCUT2D eigenvalue weighted by atomic mass is 9.60. The molecule has 12 heteroatoms. The molecule has 3 atom stereocenters. The van der Waals surface area contributed by atoms with Gasteiger partial charge in [0.1, 0.15) is 35.0 Å². The highest BCUT2D eigenvalue weighted by Gasteiger charge is 2.51. The smallest absolute Gasteiger partial charge is 0.191 e. The van der Waals surface area contributed by atoms with Gasteiger partial charge in [0.2, 0.25) is 0 Å². The number of fused-ring (bicyclic) bond motifs is 2. The highest BCUT2D eigenvalue weighted by atomic mass is 32.2. The van der Waals surface area contributed by atoms with Gasteiger partial charge in [-0.15, -0.1) is 0 Å². The number of ketones is 1. The summed E-state index contributed by atoms with van der Waals surface area (Å²) in [6.07, 6.45) is 8.00. The van der Waals surface area contributed by atoms with Gasteiger partial charge in [-0.05, 0) is 73.7 Å². The van der Waals surface area contributed by atoms with Crippen molar-refractivity contribution in [3.05, 3.63) is 95.2 Å². The van der Waals surface area contributed by atoms with Crippen molar-refractivity contribution >= 4 is 22.8 Å². The normalized spacial score (nSPS) is 20.0. The van der Waals surface area contributed by atoms with Crippen LogP contribution in [0.5, 0.6) is 0 Å². The number of allylic oxidation sites excluding steroid dienone is 1. The summed E-state index contributed by atoms with van der Waals surface area (Å²) in [6, 6.07) is 9.49. The predicted octanol–water partition coefficient (Wildman–Crippen LogP) is 5.66. The van der Waals surface area contributed by atoms with Crippen molar-refractivity contribution in [1.29, 1.82) is 0 Å². The van der Waals surface area contributed by atoms with E-state index in [1.165, 1.54) is 29.1 Å². The molecule has 3 unspecified atom stereocenters. The van der Waals surface area contributed by atoms with Crippen LogP contribution in [0.4, 0.5) is 13.2 Å². The number of aryl methyl sites for hydroxylation is 1. The molecule has 2 aliphatic rings. The van der Waals surface area contributed by atoms with Crippen molar-refractivity contribution in [1.82, 2.24) is 28.9 Å². The van der Waals surface area contributed by atoms with E-state index in [1.54, 1.807) is 46.6 Å². The van der Waals surface area contributed by atoms with Crippen molar-refractivity contribution in [2.45, 2.75) is 50.6 Å². The number of alkyl halides is 1. The Morgan fingerprint density at radius 1 is 1.14 bits per heavy atom. The van der Waals surface area contributed by atoms with Gasteiger partial charge in [-0.25, -0.2) is 26.4 Å². The molecule has 0 spiro atoms. The number of hydrogen-bond acceptors (Lipinski definition) is 5. The molecule has 0 aliphatic heterocycles. The van der Waals surface area contributed by atoms with Crippen molar-refractivity contribution in [2.24, 2.45) is 12.5 Å². The first-order valence-electron chi connectivity index (χ1n) is 14.2. The van der Waals surface area contributed by atoms with Crippen molar-refractivity contribution in [3.8, 4) is 5.69 Å². The Bertz CT molecular complexity index is 1670. The third-order valence-electron chi connectivity index (χ3n) is 7.89. The number of benzene rings is 1. The number of nitrogens with zero attached hydrogens (tertiary/aromatic N) is 6. The summed E-state index contributed by atoms with van der Waals surface area (Å²) in [5.74, 6) is -1.29. The average Bonchev–Trinajstić information content (AvgIpc) is 3.64. The minimum Gasteiger partial charge on any atom is -0.291 e. The summed E-state index contributed by atoms with van der Waals surface area (Å²) in [7, 11) is -0.0380. The van der Waals surface area contributed by atoms with Crippen molar-refractivity contribution in [3.63, 3.8) is 0 Å². The zero-order chi connectivity index (χ0) is 30.7. The molecule has 0 radical (unpaired) electrons. The average molecular weight is 611 g/mol. The number of hydrogen-bond donors (Lipinski definition) is 0. The Hall–Kier alpha value is -3.90. The highest BCUT2D eigenvalue weighted by Crippen LogP contribution is 2.51. The van der Waals surface area contributed by atoms with Crippen LogP contribution >= 0.6 is 0 Å². The molecule has 1 aromatic carbocycles. The Labute approximate surface area is 250 Å². The van der Waals surface area contributed by atoms with Crippen LogP contribution in [-0.4, -0.2) is 58.1 Å². The molecule has 2 aliphatic carbocycles. The monoisotopic (exact) mass is 610 g/mol. The molecule has 43 heavy (non-hydrogen) atoms. The number of carbonyl (C=O) groups is 1. The predicted molar refractivity (Wildman–Crippen MR) is 157 cm³/mol. The zero-order valence-electron chi connectivity index (χ0n) is 24.2. The van der Waals surface area contributed by atoms with Crippen LogP contribution < -0.4 is 0 Å². The molecule has 226 valence electrons. The maximum absolute atomic E-state index is 14.3. The Morgan fingerprint density at radius 2 is 1.91 bits per heavy atom. The number of carbonyl (C=O) groups excluding carboxylic acids is 1. The van der Waals surface area contributed by atoms with Gasteiger partial charge >= 0.3 is 0 Å². The molecule has 0 saturated heterocycles. The van der Waals surface area contributed by atoms with Gasteiger partial charge in [-0.2, -0.15) is 10.2 Å². The first-order valence-corrected chi connectivity index (χ1v) is 15.3. The molecular weight excluding hydrogens is 577 g/mol. The molecule has 0 amide bonds. The summed E-state index contributed by atoms with van der Waals surface area (Å²) >= 11 is 0. The third-order valence-corrected chi connectivity index (χ3v) is 9.37. The van der Waals surface area contributed by atoms with Gasteiger partial charge in [-0.1, -0.05) is 19.4 Å². The second kappa shape index (κ2) is 12.8. The van der Waals surface area contributed by atoms with Crippen LogP contribution in [0.25, 0.3) is 11.8 Å². The maximum Gasteiger partial charge on any atom is 0.191 e. The SMILES string of the molecule is CC.Cn1ccc(S(=O)N(CCF)C2CCC3=Cc4c(cnn4-c4ccc(F)cc4)CC3(C(=O)c3cc(F)ccn3)C2)n1. The quantitative estimate of drug-likeness (QED) is 0.241. The van der Waals surface area contributed by atoms with E-state index in [9.17, 15) is 22.2 Å². The molecule has 3 aromatic heterocycles. The first kappa shape index (κ1) is 30.6. The standard InChI is InChI=1S/C29H27F3N6O2S.C2H6/c1-36-12-9-27(35-36)41(40)37(13-10-30)24-5-2-20-14-26-19(18-34-38(26)23-6-3-21(31)4-7-23)16-29(20,17-24)28(39)25-15-22(32)8-11-33-25;1-2/h3-4,6-9,11-12,14-15,18,24H,2,5,10,13,16-17H2,1H3;1-2H3. The van der Waals surface area contributed by atoms with Crippen molar-refractivity contribution in [2.75, 3.05) is 13.2 Å². The zero-order valence-corrected chi connectivity index (χ0v) is 25.0. The highest BCUT2D eigenvalue weighted by molar-refractivity contribution is 7.82. The van der Waals surface area contributed by atoms with Gasteiger partial charge < -0.3 is 0 Å². The minimum absolute atomic E-state index is 0.00573. The van der Waals surface area contributed by atoms with Gasteiger partial charge in [-0.3, -0.25) is 14.5 Å².